The zero-order valence-electron chi connectivity index (χ0n) is 9.92. The standard InChI is InChI=1S/C14H18BrNS/c15-12-2-1-11(17-12)13-4-9-3-10(5-13)7-14(16,6-9)8-13/h1-2,9-10H,3-8,16H2. The predicted octanol–water partition coefficient (Wildman–Crippen LogP) is 4.06. The second kappa shape index (κ2) is 3.37. The molecule has 2 N–H and O–H groups in total. The molecule has 4 aliphatic rings. The van der Waals surface area contributed by atoms with Crippen LogP contribution >= 0.6 is 27.3 Å². The minimum atomic E-state index is 0.167. The molecule has 3 heteroatoms. The Morgan fingerprint density at radius 3 is 2.41 bits per heavy atom. The molecule has 1 aromatic rings. The lowest BCUT2D eigenvalue weighted by molar-refractivity contribution is -0.0211. The van der Waals surface area contributed by atoms with Crippen molar-refractivity contribution in [1.82, 2.24) is 0 Å². The minimum Gasteiger partial charge on any atom is -0.325 e. The molecule has 0 radical (unpaired) electrons. The molecule has 0 spiro atoms. The summed E-state index contributed by atoms with van der Waals surface area (Å²) >= 11 is 5.55. The van der Waals surface area contributed by atoms with Gasteiger partial charge in [0.1, 0.15) is 0 Å². The smallest absolute Gasteiger partial charge is 0.0701 e. The van der Waals surface area contributed by atoms with Crippen molar-refractivity contribution in [2.75, 3.05) is 0 Å². The number of nitrogens with two attached hydrogens (primary N) is 1. The van der Waals surface area contributed by atoms with E-state index < -0.39 is 0 Å². The van der Waals surface area contributed by atoms with E-state index in [-0.39, 0.29) is 5.54 Å². The average Bonchev–Trinajstić information content (AvgIpc) is 2.61. The van der Waals surface area contributed by atoms with Crippen LogP contribution in [0.2, 0.25) is 0 Å². The summed E-state index contributed by atoms with van der Waals surface area (Å²) in [4.78, 5) is 1.59. The van der Waals surface area contributed by atoms with Gasteiger partial charge in [-0.1, -0.05) is 0 Å². The van der Waals surface area contributed by atoms with Crippen molar-refractivity contribution < 1.29 is 0 Å². The highest BCUT2D eigenvalue weighted by molar-refractivity contribution is 9.11. The van der Waals surface area contributed by atoms with Crippen molar-refractivity contribution in [1.29, 1.82) is 0 Å². The summed E-state index contributed by atoms with van der Waals surface area (Å²) in [6, 6.07) is 4.55. The van der Waals surface area contributed by atoms with Crippen molar-refractivity contribution in [2.24, 2.45) is 17.6 Å². The number of thiophene rings is 1. The molecule has 92 valence electrons. The number of hydrogen-bond acceptors (Lipinski definition) is 2. The highest BCUT2D eigenvalue weighted by atomic mass is 79.9. The molecule has 1 nitrogen and oxygen atoms in total. The Labute approximate surface area is 115 Å². The van der Waals surface area contributed by atoms with Crippen LogP contribution in [0, 0.1) is 11.8 Å². The van der Waals surface area contributed by atoms with E-state index in [0.717, 1.165) is 11.8 Å². The van der Waals surface area contributed by atoms with Gasteiger partial charge in [-0.15, -0.1) is 11.3 Å². The van der Waals surface area contributed by atoms with Gasteiger partial charge in [0, 0.05) is 15.8 Å². The summed E-state index contributed by atoms with van der Waals surface area (Å²) in [7, 11) is 0. The van der Waals surface area contributed by atoms with Gasteiger partial charge in [-0.3, -0.25) is 0 Å². The van der Waals surface area contributed by atoms with Crippen LogP contribution < -0.4 is 5.73 Å². The van der Waals surface area contributed by atoms with Gasteiger partial charge in [0.15, 0.2) is 0 Å². The first-order chi connectivity index (χ1) is 8.07. The van der Waals surface area contributed by atoms with E-state index in [1.807, 2.05) is 11.3 Å². The van der Waals surface area contributed by atoms with Gasteiger partial charge in [0.2, 0.25) is 0 Å². The van der Waals surface area contributed by atoms with Gasteiger partial charge in [0.25, 0.3) is 0 Å². The van der Waals surface area contributed by atoms with Crippen molar-refractivity contribution in [2.45, 2.75) is 49.5 Å². The summed E-state index contributed by atoms with van der Waals surface area (Å²) in [6.07, 6.45) is 8.06. The molecule has 17 heavy (non-hydrogen) atoms. The van der Waals surface area contributed by atoms with Crippen LogP contribution in [0.15, 0.2) is 15.9 Å². The van der Waals surface area contributed by atoms with E-state index in [9.17, 15) is 0 Å². The fraction of sp³-hybridized carbons (Fsp3) is 0.714. The van der Waals surface area contributed by atoms with E-state index in [1.165, 1.54) is 42.3 Å². The van der Waals surface area contributed by atoms with Crippen LogP contribution in [0.1, 0.15) is 43.4 Å². The highest BCUT2D eigenvalue weighted by Crippen LogP contribution is 2.62. The molecule has 0 amide bonds. The Bertz CT molecular complexity index is 453. The quantitative estimate of drug-likeness (QED) is 0.831. The van der Waals surface area contributed by atoms with E-state index in [4.69, 9.17) is 5.73 Å². The summed E-state index contributed by atoms with van der Waals surface area (Å²) in [5, 5.41) is 0. The number of rotatable bonds is 1. The van der Waals surface area contributed by atoms with Crippen molar-refractivity contribution in [3.05, 3.63) is 20.8 Å². The Balaban J connectivity index is 1.79. The molecule has 4 saturated carbocycles. The van der Waals surface area contributed by atoms with Gasteiger partial charge in [-0.05, 0) is 78.4 Å². The van der Waals surface area contributed by atoms with Crippen LogP contribution in [0.4, 0.5) is 0 Å². The molecule has 1 aromatic heterocycles. The molecule has 0 aliphatic heterocycles. The second-order valence-corrected chi connectivity index (χ2v) is 9.17. The largest absolute Gasteiger partial charge is 0.325 e. The summed E-state index contributed by atoms with van der Waals surface area (Å²) in [5.41, 5.74) is 7.25. The molecule has 1 heterocycles. The lowest BCUT2D eigenvalue weighted by Gasteiger charge is -2.60. The van der Waals surface area contributed by atoms with Crippen LogP contribution in [0.25, 0.3) is 0 Å². The van der Waals surface area contributed by atoms with Crippen molar-refractivity contribution in [3.63, 3.8) is 0 Å². The lowest BCUT2D eigenvalue weighted by atomic mass is 9.47. The van der Waals surface area contributed by atoms with Crippen LogP contribution in [0.3, 0.4) is 0 Å². The van der Waals surface area contributed by atoms with Crippen LogP contribution in [-0.2, 0) is 5.41 Å². The molecule has 2 atom stereocenters. The van der Waals surface area contributed by atoms with Gasteiger partial charge in [-0.25, -0.2) is 0 Å². The first kappa shape index (κ1) is 11.0. The van der Waals surface area contributed by atoms with Gasteiger partial charge in [-0.2, -0.15) is 0 Å². The zero-order valence-corrected chi connectivity index (χ0v) is 12.3. The van der Waals surface area contributed by atoms with Crippen LogP contribution in [0.5, 0.6) is 0 Å². The molecular weight excluding hydrogens is 294 g/mol. The first-order valence-electron chi connectivity index (χ1n) is 6.62. The maximum atomic E-state index is 6.64. The summed E-state index contributed by atoms with van der Waals surface area (Å²) in [5.74, 6) is 1.81. The second-order valence-electron chi connectivity index (χ2n) is 6.71. The predicted molar refractivity (Wildman–Crippen MR) is 75.3 cm³/mol. The van der Waals surface area contributed by atoms with Gasteiger partial charge >= 0.3 is 0 Å². The normalized spacial score (nSPS) is 47.6. The highest BCUT2D eigenvalue weighted by Gasteiger charge is 2.57. The Morgan fingerprint density at radius 2 is 1.88 bits per heavy atom. The van der Waals surface area contributed by atoms with Crippen molar-refractivity contribution in [3.8, 4) is 0 Å². The first-order valence-corrected chi connectivity index (χ1v) is 8.23. The maximum absolute atomic E-state index is 6.64. The molecular formula is C14H18BrNS. The molecule has 0 saturated heterocycles. The summed E-state index contributed by atoms with van der Waals surface area (Å²) < 4.78 is 1.27. The van der Waals surface area contributed by atoms with E-state index in [2.05, 4.69) is 28.1 Å². The number of halogens is 1. The average molecular weight is 312 g/mol. The zero-order chi connectivity index (χ0) is 11.7. The van der Waals surface area contributed by atoms with Crippen molar-refractivity contribution >= 4 is 27.3 Å². The molecule has 4 bridgehead atoms. The summed E-state index contributed by atoms with van der Waals surface area (Å²) in [6.45, 7) is 0. The van der Waals surface area contributed by atoms with E-state index >= 15 is 0 Å². The molecule has 5 rings (SSSR count). The monoisotopic (exact) mass is 311 g/mol. The third-order valence-electron chi connectivity index (χ3n) is 5.20. The topological polar surface area (TPSA) is 26.0 Å². The van der Waals surface area contributed by atoms with Gasteiger partial charge in [0.05, 0.1) is 3.79 Å². The molecule has 4 aliphatic carbocycles. The van der Waals surface area contributed by atoms with Crippen LogP contribution in [-0.4, -0.2) is 5.54 Å². The Hall–Kier alpha value is 0.140. The third kappa shape index (κ3) is 1.58. The maximum Gasteiger partial charge on any atom is 0.0701 e. The lowest BCUT2D eigenvalue weighted by Crippen LogP contribution is -2.61. The van der Waals surface area contributed by atoms with Gasteiger partial charge < -0.3 is 5.73 Å². The SMILES string of the molecule is NC12CC3CC(C1)CC(c1ccc(Br)s1)(C3)C2. The fourth-order valence-corrected chi connectivity index (χ4v) is 6.81. The Morgan fingerprint density at radius 1 is 1.18 bits per heavy atom. The molecule has 4 fully saturated rings. The third-order valence-corrected chi connectivity index (χ3v) is 7.07. The fourth-order valence-electron chi connectivity index (χ4n) is 5.22. The Kier molecular flexibility index (Phi) is 2.18. The van der Waals surface area contributed by atoms with E-state index in [0.29, 0.717) is 5.41 Å². The molecule has 2 unspecified atom stereocenters. The number of hydrogen-bond donors (Lipinski definition) is 1. The van der Waals surface area contributed by atoms with E-state index in [1.54, 1.807) is 4.88 Å². The minimum absolute atomic E-state index is 0.167. The molecule has 0 aromatic carbocycles.